The minimum atomic E-state index is -4.23. The second-order valence-electron chi connectivity index (χ2n) is 4.73. The van der Waals surface area contributed by atoms with Gasteiger partial charge in [0.15, 0.2) is 5.82 Å². The number of aromatic nitrogens is 2. The lowest BCUT2D eigenvalue weighted by atomic mass is 10.2. The van der Waals surface area contributed by atoms with Gasteiger partial charge in [-0.3, -0.25) is 0 Å². The minimum Gasteiger partial charge on any atom is -0.384 e. The predicted molar refractivity (Wildman–Crippen MR) is 75.6 cm³/mol. The summed E-state index contributed by atoms with van der Waals surface area (Å²) >= 11 is 0. The van der Waals surface area contributed by atoms with E-state index in [1.165, 1.54) is 13.0 Å². The molecule has 2 rings (SSSR count). The zero-order valence-corrected chi connectivity index (χ0v) is 11.4. The lowest BCUT2D eigenvalue weighted by molar-refractivity contribution is -0.136. The number of nitrogens with zero attached hydrogens (tertiary/aromatic N) is 2. The molecule has 0 amide bonds. The van der Waals surface area contributed by atoms with Crippen molar-refractivity contribution in [1.82, 2.24) is 9.97 Å². The molecule has 0 radical (unpaired) electrons. The molecule has 4 nitrogen and oxygen atoms in total. The summed E-state index contributed by atoms with van der Waals surface area (Å²) in [5.41, 5.74) is 6.43. The fourth-order valence-electron chi connectivity index (χ4n) is 1.91. The summed E-state index contributed by atoms with van der Waals surface area (Å²) in [6, 6.07) is 9.71. The van der Waals surface area contributed by atoms with Crippen LogP contribution in [0.15, 0.2) is 36.4 Å². The van der Waals surface area contributed by atoms with E-state index in [4.69, 9.17) is 5.73 Å². The van der Waals surface area contributed by atoms with Gasteiger partial charge in [-0.05, 0) is 6.92 Å². The molecule has 0 aliphatic heterocycles. The van der Waals surface area contributed by atoms with Crippen LogP contribution in [0.25, 0.3) is 11.4 Å². The monoisotopic (exact) mass is 296 g/mol. The number of halogens is 3. The van der Waals surface area contributed by atoms with Gasteiger partial charge in [-0.2, -0.15) is 13.2 Å². The summed E-state index contributed by atoms with van der Waals surface area (Å²) in [4.78, 5) is 8.29. The number of alkyl halides is 3. The van der Waals surface area contributed by atoms with E-state index in [0.29, 0.717) is 5.82 Å². The molecular formula is C14H15F3N4. The number of benzene rings is 1. The van der Waals surface area contributed by atoms with Crippen LogP contribution in [0.1, 0.15) is 13.3 Å². The predicted octanol–water partition coefficient (Wildman–Crippen LogP) is 3.48. The first-order valence-corrected chi connectivity index (χ1v) is 6.37. The molecule has 2 aromatic rings. The third kappa shape index (κ3) is 4.62. The topological polar surface area (TPSA) is 63.8 Å². The molecule has 0 bridgehead atoms. The van der Waals surface area contributed by atoms with E-state index in [-0.39, 0.29) is 11.6 Å². The van der Waals surface area contributed by atoms with E-state index in [1.54, 1.807) is 12.1 Å². The first kappa shape index (κ1) is 15.1. The number of anilines is 2. The largest absolute Gasteiger partial charge is 0.391 e. The minimum absolute atomic E-state index is 0.200. The molecule has 1 heterocycles. The summed E-state index contributed by atoms with van der Waals surface area (Å²) in [6.45, 7) is 1.44. The van der Waals surface area contributed by atoms with Crippen molar-refractivity contribution < 1.29 is 13.2 Å². The Hall–Kier alpha value is -2.31. The van der Waals surface area contributed by atoms with Crippen LogP contribution in [0.2, 0.25) is 0 Å². The number of hydrogen-bond acceptors (Lipinski definition) is 4. The van der Waals surface area contributed by atoms with Crippen molar-refractivity contribution in [2.75, 3.05) is 11.1 Å². The second kappa shape index (κ2) is 5.99. The molecule has 1 unspecified atom stereocenters. The van der Waals surface area contributed by atoms with E-state index < -0.39 is 18.6 Å². The van der Waals surface area contributed by atoms with Crippen LogP contribution in [0.5, 0.6) is 0 Å². The van der Waals surface area contributed by atoms with Gasteiger partial charge in [-0.1, -0.05) is 30.3 Å². The Bertz CT molecular complexity index is 599. The number of nitrogens with one attached hydrogen (secondary N) is 1. The van der Waals surface area contributed by atoms with Crippen LogP contribution < -0.4 is 11.1 Å². The van der Waals surface area contributed by atoms with Crippen LogP contribution in [-0.4, -0.2) is 22.2 Å². The van der Waals surface area contributed by atoms with Gasteiger partial charge in [0.25, 0.3) is 0 Å². The first-order chi connectivity index (χ1) is 9.83. The Labute approximate surface area is 120 Å². The van der Waals surface area contributed by atoms with Gasteiger partial charge in [0.1, 0.15) is 11.6 Å². The van der Waals surface area contributed by atoms with E-state index in [1.807, 2.05) is 18.2 Å². The van der Waals surface area contributed by atoms with E-state index in [9.17, 15) is 13.2 Å². The molecule has 1 aromatic heterocycles. The third-order valence-electron chi connectivity index (χ3n) is 2.71. The molecule has 7 heteroatoms. The zero-order chi connectivity index (χ0) is 15.5. The highest BCUT2D eigenvalue weighted by atomic mass is 19.4. The molecule has 0 saturated carbocycles. The molecule has 0 aliphatic rings. The molecular weight excluding hydrogens is 281 g/mol. The van der Waals surface area contributed by atoms with Gasteiger partial charge >= 0.3 is 6.18 Å². The summed E-state index contributed by atoms with van der Waals surface area (Å²) in [5, 5.41) is 2.70. The number of nitrogen functional groups attached to an aromatic ring is 1. The molecule has 0 spiro atoms. The lowest BCUT2D eigenvalue weighted by Gasteiger charge is -2.17. The van der Waals surface area contributed by atoms with E-state index in [2.05, 4.69) is 15.3 Å². The summed E-state index contributed by atoms with van der Waals surface area (Å²) in [5.74, 6) is 0.848. The van der Waals surface area contributed by atoms with Crippen LogP contribution in [0, 0.1) is 0 Å². The van der Waals surface area contributed by atoms with Gasteiger partial charge < -0.3 is 11.1 Å². The maximum atomic E-state index is 12.3. The summed E-state index contributed by atoms with van der Waals surface area (Å²) in [6.07, 6.45) is -5.18. The highest BCUT2D eigenvalue weighted by Gasteiger charge is 2.30. The van der Waals surface area contributed by atoms with Gasteiger partial charge in [-0.15, -0.1) is 0 Å². The fourth-order valence-corrected chi connectivity index (χ4v) is 1.91. The summed E-state index contributed by atoms with van der Waals surface area (Å²) in [7, 11) is 0. The Balaban J connectivity index is 2.20. The molecule has 112 valence electrons. The molecule has 1 aromatic carbocycles. The van der Waals surface area contributed by atoms with Crippen LogP contribution in [0.3, 0.4) is 0 Å². The van der Waals surface area contributed by atoms with Crippen LogP contribution in [-0.2, 0) is 0 Å². The Morgan fingerprint density at radius 3 is 2.48 bits per heavy atom. The van der Waals surface area contributed by atoms with E-state index in [0.717, 1.165) is 5.56 Å². The SMILES string of the molecule is CC(CC(F)(F)F)Nc1cc(N)nc(-c2ccccc2)n1. The molecule has 0 saturated heterocycles. The van der Waals surface area contributed by atoms with Crippen LogP contribution >= 0.6 is 0 Å². The normalized spacial score (nSPS) is 13.0. The van der Waals surface area contributed by atoms with Crippen LogP contribution in [0.4, 0.5) is 24.8 Å². The Morgan fingerprint density at radius 2 is 1.86 bits per heavy atom. The molecule has 1 atom stereocenters. The maximum Gasteiger partial charge on any atom is 0.391 e. The smallest absolute Gasteiger partial charge is 0.384 e. The summed E-state index contributed by atoms with van der Waals surface area (Å²) < 4.78 is 37.0. The fraction of sp³-hybridized carbons (Fsp3) is 0.286. The number of rotatable bonds is 4. The number of hydrogen-bond donors (Lipinski definition) is 2. The molecule has 3 N–H and O–H groups in total. The lowest BCUT2D eigenvalue weighted by Crippen LogP contribution is -2.24. The number of nitrogens with two attached hydrogens (primary N) is 1. The van der Waals surface area contributed by atoms with E-state index >= 15 is 0 Å². The highest BCUT2D eigenvalue weighted by Crippen LogP contribution is 2.24. The maximum absolute atomic E-state index is 12.3. The van der Waals surface area contributed by atoms with Crippen molar-refractivity contribution in [3.8, 4) is 11.4 Å². The first-order valence-electron chi connectivity index (χ1n) is 6.37. The Kier molecular flexibility index (Phi) is 4.30. The standard InChI is InChI=1S/C14H15F3N4/c1-9(8-14(15,16)17)19-12-7-11(18)20-13(21-12)10-5-3-2-4-6-10/h2-7,9H,8H2,1H3,(H3,18,19,20,21). The van der Waals surface area contributed by atoms with Crippen molar-refractivity contribution in [1.29, 1.82) is 0 Å². The van der Waals surface area contributed by atoms with Gasteiger partial charge in [0.2, 0.25) is 0 Å². The van der Waals surface area contributed by atoms with Gasteiger partial charge in [-0.25, -0.2) is 9.97 Å². The van der Waals surface area contributed by atoms with Crippen molar-refractivity contribution >= 4 is 11.6 Å². The second-order valence-corrected chi connectivity index (χ2v) is 4.73. The average Bonchev–Trinajstić information content (AvgIpc) is 2.36. The van der Waals surface area contributed by atoms with Crippen molar-refractivity contribution in [2.24, 2.45) is 0 Å². The molecule has 21 heavy (non-hydrogen) atoms. The van der Waals surface area contributed by atoms with Gasteiger partial charge in [0.05, 0.1) is 6.42 Å². The molecule has 0 aliphatic carbocycles. The molecule has 0 fully saturated rings. The third-order valence-corrected chi connectivity index (χ3v) is 2.71. The van der Waals surface area contributed by atoms with Crippen molar-refractivity contribution in [3.05, 3.63) is 36.4 Å². The van der Waals surface area contributed by atoms with Crippen molar-refractivity contribution in [3.63, 3.8) is 0 Å². The zero-order valence-electron chi connectivity index (χ0n) is 11.4. The van der Waals surface area contributed by atoms with Gasteiger partial charge in [0, 0.05) is 17.7 Å². The Morgan fingerprint density at radius 1 is 1.19 bits per heavy atom. The average molecular weight is 296 g/mol. The quantitative estimate of drug-likeness (QED) is 0.906. The van der Waals surface area contributed by atoms with Crippen molar-refractivity contribution in [2.45, 2.75) is 25.6 Å². The highest BCUT2D eigenvalue weighted by molar-refractivity contribution is 5.60.